The van der Waals surface area contributed by atoms with Gasteiger partial charge in [-0.1, -0.05) is 24.3 Å². The van der Waals surface area contributed by atoms with Crippen LogP contribution in [0.5, 0.6) is 0 Å². The minimum atomic E-state index is -6.37. The molecule has 16 heteroatoms. The lowest BCUT2D eigenvalue weighted by molar-refractivity contribution is -0.0757. The minimum Gasteiger partial charge on any atom is -0.344 e. The summed E-state index contributed by atoms with van der Waals surface area (Å²) in [5.41, 5.74) is -9.47. The summed E-state index contributed by atoms with van der Waals surface area (Å²) in [4.78, 5) is 24.8. The van der Waals surface area contributed by atoms with Crippen molar-refractivity contribution in [3.8, 4) is 5.69 Å². The molecule has 1 N–H and O–H groups in total. The Morgan fingerprint density at radius 1 is 1.03 bits per heavy atom. The van der Waals surface area contributed by atoms with E-state index in [9.17, 15) is 48.7 Å². The maximum Gasteiger partial charge on any atom is 0.523 e. The fourth-order valence-corrected chi connectivity index (χ4v) is 3.58. The maximum absolute atomic E-state index is 14.9. The summed E-state index contributed by atoms with van der Waals surface area (Å²) >= 11 is 0. The summed E-state index contributed by atoms with van der Waals surface area (Å²) < 4.78 is 121. The summed E-state index contributed by atoms with van der Waals surface area (Å²) in [6.07, 6.45) is 0. The van der Waals surface area contributed by atoms with Gasteiger partial charge in [0, 0.05) is 11.6 Å². The van der Waals surface area contributed by atoms with Gasteiger partial charge < -0.3 is 5.32 Å². The van der Waals surface area contributed by atoms with E-state index in [1.807, 2.05) is 0 Å². The number of hydrogen-bond acceptors (Lipinski definition) is 6. The third-order valence-corrected chi connectivity index (χ3v) is 6.02. The van der Waals surface area contributed by atoms with Gasteiger partial charge in [-0.05, 0) is 31.2 Å². The Hall–Kier alpha value is -3.79. The lowest BCUT2D eigenvalue weighted by Crippen LogP contribution is -2.33. The van der Waals surface area contributed by atoms with Gasteiger partial charge in [0.1, 0.15) is 29.6 Å². The van der Waals surface area contributed by atoms with E-state index in [0.717, 1.165) is 30.3 Å². The fraction of sp³-hybridized carbons (Fsp3) is 0.227. The Balaban J connectivity index is 1.84. The van der Waals surface area contributed by atoms with E-state index in [4.69, 9.17) is 0 Å². The van der Waals surface area contributed by atoms with Gasteiger partial charge in [-0.2, -0.15) is 40.2 Å². The number of alkyl halides is 5. The van der Waals surface area contributed by atoms with Gasteiger partial charge in [0.25, 0.3) is 17.4 Å². The SMILES string of the molecule is C[C@@H](NC(=O)c1ccc(=O)n(-c2ccccc2F)n1)c1cccc(C(F)(F)COS(=O)(=O)C(F)(F)F)c1F. The van der Waals surface area contributed by atoms with Gasteiger partial charge in [-0.3, -0.25) is 13.8 Å². The highest BCUT2D eigenvalue weighted by molar-refractivity contribution is 7.87. The van der Waals surface area contributed by atoms with Crippen LogP contribution in [0.4, 0.5) is 30.7 Å². The van der Waals surface area contributed by atoms with Crippen LogP contribution in [0, 0.1) is 11.6 Å². The molecule has 204 valence electrons. The number of hydrogen-bond donors (Lipinski definition) is 1. The van der Waals surface area contributed by atoms with Gasteiger partial charge in [0.05, 0.1) is 11.6 Å². The molecule has 2 aromatic carbocycles. The number of nitrogens with one attached hydrogen (secondary N) is 1. The molecule has 3 rings (SSSR count). The zero-order valence-corrected chi connectivity index (χ0v) is 19.8. The average molecular weight is 567 g/mol. The van der Waals surface area contributed by atoms with Crippen LogP contribution in [0.2, 0.25) is 0 Å². The molecule has 0 spiro atoms. The van der Waals surface area contributed by atoms with Crippen LogP contribution in [0.25, 0.3) is 5.69 Å². The van der Waals surface area contributed by atoms with Crippen LogP contribution in [0.1, 0.15) is 34.6 Å². The Morgan fingerprint density at radius 2 is 1.68 bits per heavy atom. The molecule has 0 fully saturated rings. The van der Waals surface area contributed by atoms with Crippen molar-refractivity contribution < 1.29 is 48.1 Å². The number of halogens is 7. The fourth-order valence-electron chi connectivity index (χ4n) is 3.14. The van der Waals surface area contributed by atoms with E-state index in [1.54, 1.807) is 0 Å². The van der Waals surface area contributed by atoms with Crippen LogP contribution < -0.4 is 10.9 Å². The van der Waals surface area contributed by atoms with E-state index < -0.39 is 74.1 Å². The van der Waals surface area contributed by atoms with Crippen LogP contribution in [0.15, 0.2) is 59.4 Å². The van der Waals surface area contributed by atoms with Crippen LogP contribution in [-0.4, -0.2) is 36.2 Å². The van der Waals surface area contributed by atoms with Crippen molar-refractivity contribution in [3.63, 3.8) is 0 Å². The number of rotatable bonds is 8. The predicted octanol–water partition coefficient (Wildman–Crippen LogP) is 3.96. The van der Waals surface area contributed by atoms with Crippen LogP contribution >= 0.6 is 0 Å². The summed E-state index contributed by atoms with van der Waals surface area (Å²) in [5.74, 6) is -8.00. The Labute approximate surface area is 209 Å². The zero-order chi connectivity index (χ0) is 28.5. The van der Waals surface area contributed by atoms with Crippen molar-refractivity contribution >= 4 is 16.0 Å². The first kappa shape index (κ1) is 28.8. The van der Waals surface area contributed by atoms with Gasteiger partial charge >= 0.3 is 15.6 Å². The van der Waals surface area contributed by atoms with E-state index in [-0.39, 0.29) is 5.69 Å². The number of carbonyl (C=O) groups excluding carboxylic acids is 1. The molecule has 1 atom stereocenters. The Kier molecular flexibility index (Phi) is 7.97. The third kappa shape index (κ3) is 6.02. The van der Waals surface area contributed by atoms with Crippen LogP contribution in [0.3, 0.4) is 0 Å². The van der Waals surface area contributed by atoms with E-state index >= 15 is 0 Å². The molecule has 0 unspecified atom stereocenters. The number of benzene rings is 2. The quantitative estimate of drug-likeness (QED) is 0.251. The first-order valence-electron chi connectivity index (χ1n) is 10.3. The van der Waals surface area contributed by atoms with Gasteiger partial charge in [0.15, 0.2) is 0 Å². The van der Waals surface area contributed by atoms with Crippen molar-refractivity contribution in [1.82, 2.24) is 15.1 Å². The molecule has 1 heterocycles. The third-order valence-electron chi connectivity index (χ3n) is 5.03. The standard InChI is InChI=1S/C22H16F7N3O5S/c1-12(30-20(34)16-9-10-18(33)32(31-16)17-8-3-2-7-15(17)23)13-5-4-6-14(19(13)24)21(25,26)11-37-38(35,36)22(27,28)29/h2-10,12H,11H2,1H3,(H,30,34)/t12-/m1/s1. The molecule has 0 bridgehead atoms. The molecule has 0 saturated carbocycles. The first-order valence-corrected chi connectivity index (χ1v) is 11.7. The highest BCUT2D eigenvalue weighted by atomic mass is 32.2. The number of nitrogens with zero attached hydrogens (tertiary/aromatic N) is 2. The molecule has 0 aliphatic rings. The van der Waals surface area contributed by atoms with Gasteiger partial charge in [-0.15, -0.1) is 0 Å². The van der Waals surface area contributed by atoms with Gasteiger partial charge in [-0.25, -0.2) is 8.78 Å². The zero-order valence-electron chi connectivity index (χ0n) is 19.0. The Bertz CT molecular complexity index is 1520. The summed E-state index contributed by atoms with van der Waals surface area (Å²) in [6.45, 7) is -1.16. The van der Waals surface area contributed by atoms with E-state index in [0.29, 0.717) is 10.7 Å². The second-order valence-electron chi connectivity index (χ2n) is 7.69. The molecule has 8 nitrogen and oxygen atoms in total. The molecule has 0 radical (unpaired) electrons. The minimum absolute atomic E-state index is 0.268. The molecular formula is C22H16F7N3O5S. The highest BCUT2D eigenvalue weighted by Gasteiger charge is 2.49. The summed E-state index contributed by atoms with van der Waals surface area (Å²) in [5, 5.41) is 6.02. The van der Waals surface area contributed by atoms with Crippen molar-refractivity contribution in [2.45, 2.75) is 24.4 Å². The first-order chi connectivity index (χ1) is 17.5. The van der Waals surface area contributed by atoms with E-state index in [1.165, 1.54) is 25.1 Å². The number of carbonyl (C=O) groups is 1. The summed E-state index contributed by atoms with van der Waals surface area (Å²) in [7, 11) is -6.37. The van der Waals surface area contributed by atoms with Gasteiger partial charge in [0.2, 0.25) is 0 Å². The van der Waals surface area contributed by atoms with Crippen molar-refractivity contribution in [2.24, 2.45) is 0 Å². The molecule has 1 amide bonds. The highest BCUT2D eigenvalue weighted by Crippen LogP contribution is 2.35. The van der Waals surface area contributed by atoms with E-state index in [2.05, 4.69) is 14.6 Å². The lowest BCUT2D eigenvalue weighted by atomic mass is 10.0. The normalized spacial score (nSPS) is 13.3. The predicted molar refractivity (Wildman–Crippen MR) is 117 cm³/mol. The largest absolute Gasteiger partial charge is 0.523 e. The second kappa shape index (κ2) is 10.5. The molecule has 38 heavy (non-hydrogen) atoms. The maximum atomic E-state index is 14.9. The van der Waals surface area contributed by atoms with Crippen molar-refractivity contribution in [1.29, 1.82) is 0 Å². The molecule has 1 aromatic heterocycles. The molecule has 3 aromatic rings. The molecular weight excluding hydrogens is 551 g/mol. The lowest BCUT2D eigenvalue weighted by Gasteiger charge is -2.21. The second-order valence-corrected chi connectivity index (χ2v) is 9.30. The number of aromatic nitrogens is 2. The average Bonchev–Trinajstić information content (AvgIpc) is 2.83. The monoisotopic (exact) mass is 567 g/mol. The Morgan fingerprint density at radius 3 is 2.32 bits per heavy atom. The topological polar surface area (TPSA) is 107 Å². The molecule has 0 aliphatic heterocycles. The number of amides is 1. The van der Waals surface area contributed by atoms with Crippen LogP contribution in [-0.2, 0) is 20.2 Å². The molecule has 0 saturated heterocycles. The van der Waals surface area contributed by atoms with Crippen molar-refractivity contribution in [2.75, 3.05) is 6.61 Å². The summed E-state index contributed by atoms with van der Waals surface area (Å²) in [6, 6.07) is 7.99. The van der Waals surface area contributed by atoms with Crippen molar-refractivity contribution in [3.05, 3.63) is 93.4 Å². The smallest absolute Gasteiger partial charge is 0.344 e. The molecule has 0 aliphatic carbocycles. The number of para-hydroxylation sites is 1.